The molecule has 1 atom stereocenters. The summed E-state index contributed by atoms with van der Waals surface area (Å²) in [5.74, 6) is 0.762. The second kappa shape index (κ2) is 7.25. The highest BCUT2D eigenvalue weighted by Gasteiger charge is 2.18. The van der Waals surface area contributed by atoms with E-state index in [1.54, 1.807) is 19.1 Å². The fourth-order valence-corrected chi connectivity index (χ4v) is 2.56. The molecule has 3 rings (SSSR count). The lowest BCUT2D eigenvalue weighted by Crippen LogP contribution is -2.30. The van der Waals surface area contributed by atoms with Gasteiger partial charge in [-0.15, -0.1) is 0 Å². The van der Waals surface area contributed by atoms with Crippen molar-refractivity contribution >= 4 is 17.5 Å². The summed E-state index contributed by atoms with van der Waals surface area (Å²) in [6.45, 7) is 3.52. The summed E-state index contributed by atoms with van der Waals surface area (Å²) < 4.78 is 18.6. The zero-order valence-corrected chi connectivity index (χ0v) is 13.4. The van der Waals surface area contributed by atoms with Crippen LogP contribution >= 0.6 is 0 Å². The van der Waals surface area contributed by atoms with Gasteiger partial charge in [-0.2, -0.15) is 0 Å². The van der Waals surface area contributed by atoms with Crippen LogP contribution in [0.25, 0.3) is 0 Å². The number of benzene rings is 1. The van der Waals surface area contributed by atoms with E-state index in [0.29, 0.717) is 11.6 Å². The molecule has 1 aromatic carbocycles. The second-order valence-electron chi connectivity index (χ2n) is 5.66. The molecule has 126 valence electrons. The monoisotopic (exact) mass is 330 g/mol. The van der Waals surface area contributed by atoms with Crippen molar-refractivity contribution in [2.45, 2.75) is 25.9 Å². The molecule has 0 saturated carbocycles. The maximum absolute atomic E-state index is 13.2. The van der Waals surface area contributed by atoms with Gasteiger partial charge in [-0.3, -0.25) is 4.79 Å². The van der Waals surface area contributed by atoms with E-state index in [-0.39, 0.29) is 5.91 Å². The van der Waals surface area contributed by atoms with Crippen molar-refractivity contribution in [2.24, 2.45) is 0 Å². The third kappa shape index (κ3) is 3.98. The van der Waals surface area contributed by atoms with E-state index >= 15 is 0 Å². The van der Waals surface area contributed by atoms with Crippen LogP contribution in [0.1, 0.15) is 19.8 Å². The number of carbonyl (C=O) groups is 1. The maximum Gasteiger partial charge on any atom is 0.266 e. The molecular weight excluding hydrogens is 311 g/mol. The predicted molar refractivity (Wildman–Crippen MR) is 88.6 cm³/mol. The van der Waals surface area contributed by atoms with Crippen molar-refractivity contribution in [2.75, 3.05) is 23.3 Å². The topological polar surface area (TPSA) is 67.3 Å². The van der Waals surface area contributed by atoms with Gasteiger partial charge in [0.15, 0.2) is 6.10 Å². The Kier molecular flexibility index (Phi) is 4.88. The van der Waals surface area contributed by atoms with Crippen molar-refractivity contribution in [3.05, 3.63) is 42.5 Å². The van der Waals surface area contributed by atoms with E-state index in [1.165, 1.54) is 24.5 Å². The number of anilines is 2. The Balaban J connectivity index is 1.62. The Labute approximate surface area is 139 Å². The van der Waals surface area contributed by atoms with Gasteiger partial charge < -0.3 is 15.0 Å². The zero-order valence-electron chi connectivity index (χ0n) is 13.4. The first-order valence-electron chi connectivity index (χ1n) is 7.92. The number of rotatable bonds is 5. The van der Waals surface area contributed by atoms with Gasteiger partial charge in [-0.1, -0.05) is 6.07 Å². The Hall–Kier alpha value is -2.70. The minimum Gasteiger partial charge on any atom is -0.481 e. The highest BCUT2D eigenvalue weighted by Crippen LogP contribution is 2.20. The van der Waals surface area contributed by atoms with E-state index in [4.69, 9.17) is 4.74 Å². The number of halogens is 1. The number of ether oxygens (including phenoxy) is 1. The highest BCUT2D eigenvalue weighted by atomic mass is 19.1. The Morgan fingerprint density at radius 3 is 2.83 bits per heavy atom. The van der Waals surface area contributed by atoms with Gasteiger partial charge in [-0.25, -0.2) is 14.4 Å². The van der Waals surface area contributed by atoms with Gasteiger partial charge in [0.05, 0.1) is 0 Å². The van der Waals surface area contributed by atoms with Crippen molar-refractivity contribution in [3.8, 4) is 5.75 Å². The SMILES string of the molecule is CC(Oc1cccc(F)c1)C(=O)Nc1cc(N2CCCC2)ncn1. The average Bonchev–Trinajstić information content (AvgIpc) is 3.09. The number of hydrogen-bond acceptors (Lipinski definition) is 5. The first-order chi connectivity index (χ1) is 11.6. The summed E-state index contributed by atoms with van der Waals surface area (Å²) in [5, 5.41) is 2.70. The van der Waals surface area contributed by atoms with Gasteiger partial charge in [0.2, 0.25) is 0 Å². The number of aromatic nitrogens is 2. The molecule has 2 heterocycles. The van der Waals surface area contributed by atoms with Crippen LogP contribution in [-0.2, 0) is 4.79 Å². The molecule has 6 nitrogen and oxygen atoms in total. The summed E-state index contributed by atoms with van der Waals surface area (Å²) in [6, 6.07) is 7.43. The Bertz CT molecular complexity index is 719. The van der Waals surface area contributed by atoms with E-state index in [2.05, 4.69) is 20.2 Å². The quantitative estimate of drug-likeness (QED) is 0.913. The molecule has 1 amide bonds. The standard InChI is InChI=1S/C17H19FN4O2/c1-12(24-14-6-4-5-13(18)9-14)17(23)21-15-10-16(20-11-19-15)22-7-2-3-8-22/h4-6,9-12H,2-3,7-8H2,1H3,(H,19,20,21,23). The fraction of sp³-hybridized carbons (Fsp3) is 0.353. The zero-order chi connectivity index (χ0) is 16.9. The summed E-state index contributed by atoms with van der Waals surface area (Å²) in [4.78, 5) is 22.7. The smallest absolute Gasteiger partial charge is 0.266 e. The van der Waals surface area contributed by atoms with Crippen LogP contribution in [0, 0.1) is 5.82 Å². The molecule has 24 heavy (non-hydrogen) atoms. The Morgan fingerprint density at radius 2 is 2.08 bits per heavy atom. The van der Waals surface area contributed by atoms with Crippen molar-refractivity contribution in [1.82, 2.24) is 9.97 Å². The van der Waals surface area contributed by atoms with Crippen molar-refractivity contribution < 1.29 is 13.9 Å². The van der Waals surface area contributed by atoms with Crippen LogP contribution in [0.3, 0.4) is 0 Å². The Morgan fingerprint density at radius 1 is 1.29 bits per heavy atom. The van der Waals surface area contributed by atoms with E-state index in [9.17, 15) is 9.18 Å². The molecule has 1 N–H and O–H groups in total. The second-order valence-corrected chi connectivity index (χ2v) is 5.66. The molecule has 1 aliphatic rings. The van der Waals surface area contributed by atoms with Gasteiger partial charge >= 0.3 is 0 Å². The fourth-order valence-electron chi connectivity index (χ4n) is 2.56. The first kappa shape index (κ1) is 16.2. The summed E-state index contributed by atoms with van der Waals surface area (Å²) in [7, 11) is 0. The molecule has 0 bridgehead atoms. The molecule has 0 spiro atoms. The van der Waals surface area contributed by atoms with E-state index < -0.39 is 11.9 Å². The number of nitrogens with zero attached hydrogens (tertiary/aromatic N) is 3. The molecule has 7 heteroatoms. The molecule has 1 aliphatic heterocycles. The number of amides is 1. The third-order valence-electron chi connectivity index (χ3n) is 3.81. The van der Waals surface area contributed by atoms with Crippen LogP contribution in [0.15, 0.2) is 36.7 Å². The van der Waals surface area contributed by atoms with Crippen LogP contribution < -0.4 is 15.0 Å². The van der Waals surface area contributed by atoms with Gasteiger partial charge in [0, 0.05) is 25.2 Å². The maximum atomic E-state index is 13.2. The normalized spacial score (nSPS) is 15.2. The van der Waals surface area contributed by atoms with Gasteiger partial charge in [0.25, 0.3) is 5.91 Å². The molecule has 1 saturated heterocycles. The van der Waals surface area contributed by atoms with E-state index in [0.717, 1.165) is 31.7 Å². The highest BCUT2D eigenvalue weighted by molar-refractivity contribution is 5.93. The number of carbonyl (C=O) groups excluding carboxylic acids is 1. The number of nitrogens with one attached hydrogen (secondary N) is 1. The first-order valence-corrected chi connectivity index (χ1v) is 7.92. The molecule has 1 fully saturated rings. The summed E-state index contributed by atoms with van der Waals surface area (Å²) >= 11 is 0. The van der Waals surface area contributed by atoms with Gasteiger partial charge in [0.1, 0.15) is 29.5 Å². The van der Waals surface area contributed by atoms with Gasteiger partial charge in [-0.05, 0) is 31.9 Å². The molecule has 0 aliphatic carbocycles. The van der Waals surface area contributed by atoms with E-state index in [1.807, 2.05) is 0 Å². The lowest BCUT2D eigenvalue weighted by Gasteiger charge is -2.17. The largest absolute Gasteiger partial charge is 0.481 e. The molecule has 2 aromatic rings. The third-order valence-corrected chi connectivity index (χ3v) is 3.81. The number of hydrogen-bond donors (Lipinski definition) is 1. The molecular formula is C17H19FN4O2. The minimum absolute atomic E-state index is 0.304. The van der Waals surface area contributed by atoms with Crippen LogP contribution in [-0.4, -0.2) is 35.1 Å². The molecule has 1 unspecified atom stereocenters. The van der Waals surface area contributed by atoms with Crippen molar-refractivity contribution in [3.63, 3.8) is 0 Å². The van der Waals surface area contributed by atoms with Crippen molar-refractivity contribution in [1.29, 1.82) is 0 Å². The lowest BCUT2D eigenvalue weighted by molar-refractivity contribution is -0.122. The molecule has 1 aromatic heterocycles. The average molecular weight is 330 g/mol. The van der Waals surface area contributed by atoms with Crippen LogP contribution in [0.2, 0.25) is 0 Å². The summed E-state index contributed by atoms with van der Waals surface area (Å²) in [5.41, 5.74) is 0. The lowest BCUT2D eigenvalue weighted by atomic mass is 10.3. The van der Waals surface area contributed by atoms with Crippen LogP contribution in [0.4, 0.5) is 16.0 Å². The predicted octanol–water partition coefficient (Wildman–Crippen LogP) is 2.62. The molecule has 0 radical (unpaired) electrons. The van der Waals surface area contributed by atoms with Crippen LogP contribution in [0.5, 0.6) is 5.75 Å². The minimum atomic E-state index is -0.781. The summed E-state index contributed by atoms with van der Waals surface area (Å²) in [6.07, 6.45) is 2.94.